The van der Waals surface area contributed by atoms with Crippen molar-refractivity contribution in [3.63, 3.8) is 0 Å². The molecule has 0 aromatic heterocycles. The minimum atomic E-state index is 0.514. The highest BCUT2D eigenvalue weighted by atomic mass is 14.2. The summed E-state index contributed by atoms with van der Waals surface area (Å²) in [5.74, 6) is 5.91. The molecule has 1 heteroatoms. The van der Waals surface area contributed by atoms with Crippen LogP contribution in [0.2, 0.25) is 0 Å². The number of rotatable bonds is 1. The summed E-state index contributed by atoms with van der Waals surface area (Å²) in [7, 11) is 0. The minimum Gasteiger partial charge on any atom is -0.198 e. The first kappa shape index (κ1) is 8.37. The predicted octanol–water partition coefficient (Wildman–Crippen LogP) is 2.34. The molecule has 1 nitrogen and oxygen atoms in total. The molecule has 0 spiro atoms. The molecule has 0 radical (unpaired) electrons. The summed E-state index contributed by atoms with van der Waals surface area (Å²) in [5, 5.41) is 8.25. The normalized spacial score (nSPS) is 7.92. The maximum atomic E-state index is 8.25. The van der Waals surface area contributed by atoms with Gasteiger partial charge in [0.2, 0.25) is 0 Å². The Morgan fingerprint density at radius 2 is 1.83 bits per heavy atom. The van der Waals surface area contributed by atoms with Crippen molar-refractivity contribution >= 4 is 0 Å². The number of benzene rings is 1. The SMILES string of the molecule is N#CCCC#Cc1ccccc1. The third kappa shape index (κ3) is 2.90. The Balaban J connectivity index is 2.51. The van der Waals surface area contributed by atoms with Gasteiger partial charge in [0.15, 0.2) is 0 Å². The maximum absolute atomic E-state index is 8.25. The Labute approximate surface area is 72.6 Å². The van der Waals surface area contributed by atoms with Crippen LogP contribution in [0.1, 0.15) is 18.4 Å². The van der Waals surface area contributed by atoms with Gasteiger partial charge in [-0.2, -0.15) is 5.26 Å². The molecule has 58 valence electrons. The molecule has 0 aliphatic heterocycles. The first-order valence-corrected chi connectivity index (χ1v) is 3.84. The zero-order valence-corrected chi connectivity index (χ0v) is 6.75. The van der Waals surface area contributed by atoms with Gasteiger partial charge in [0, 0.05) is 18.4 Å². The van der Waals surface area contributed by atoms with Crippen LogP contribution in [-0.4, -0.2) is 0 Å². The van der Waals surface area contributed by atoms with Gasteiger partial charge in [-0.25, -0.2) is 0 Å². The van der Waals surface area contributed by atoms with Crippen molar-refractivity contribution in [1.82, 2.24) is 0 Å². The second-order valence-corrected chi connectivity index (χ2v) is 2.33. The first-order chi connectivity index (χ1) is 5.93. The number of nitriles is 1. The van der Waals surface area contributed by atoms with Gasteiger partial charge in [-0.05, 0) is 12.1 Å². The molecule has 0 N–H and O–H groups in total. The molecule has 0 saturated carbocycles. The highest BCUT2D eigenvalue weighted by molar-refractivity contribution is 5.33. The maximum Gasteiger partial charge on any atom is 0.0631 e. The van der Waals surface area contributed by atoms with Crippen molar-refractivity contribution in [2.45, 2.75) is 12.8 Å². The molecular weight excluding hydrogens is 146 g/mol. The minimum absolute atomic E-state index is 0.514. The number of nitrogens with zero attached hydrogens (tertiary/aromatic N) is 1. The van der Waals surface area contributed by atoms with Crippen LogP contribution >= 0.6 is 0 Å². The third-order valence-electron chi connectivity index (χ3n) is 1.37. The molecule has 1 aromatic rings. The predicted molar refractivity (Wildman–Crippen MR) is 48.2 cm³/mol. The quantitative estimate of drug-likeness (QED) is 0.451. The van der Waals surface area contributed by atoms with Crippen molar-refractivity contribution in [1.29, 1.82) is 5.26 Å². The fourth-order valence-corrected chi connectivity index (χ4v) is 0.804. The van der Waals surface area contributed by atoms with Gasteiger partial charge in [0.1, 0.15) is 0 Å². The topological polar surface area (TPSA) is 23.8 Å². The Bertz CT molecular complexity index is 322. The fourth-order valence-electron chi connectivity index (χ4n) is 0.804. The summed E-state index contributed by atoms with van der Waals surface area (Å²) in [5.41, 5.74) is 1.01. The lowest BCUT2D eigenvalue weighted by molar-refractivity contribution is 1.09. The smallest absolute Gasteiger partial charge is 0.0631 e. The molecule has 0 unspecified atom stereocenters. The second kappa shape index (κ2) is 4.99. The Morgan fingerprint density at radius 1 is 1.08 bits per heavy atom. The lowest BCUT2D eigenvalue weighted by atomic mass is 10.2. The van der Waals surface area contributed by atoms with Crippen LogP contribution in [0.3, 0.4) is 0 Å². The van der Waals surface area contributed by atoms with E-state index in [-0.39, 0.29) is 0 Å². The average molecular weight is 155 g/mol. The first-order valence-electron chi connectivity index (χ1n) is 3.84. The van der Waals surface area contributed by atoms with Gasteiger partial charge < -0.3 is 0 Å². The van der Waals surface area contributed by atoms with Crippen molar-refractivity contribution < 1.29 is 0 Å². The van der Waals surface area contributed by atoms with E-state index in [2.05, 4.69) is 17.9 Å². The lowest BCUT2D eigenvalue weighted by Gasteiger charge is -1.85. The molecule has 0 aliphatic carbocycles. The molecule has 1 aromatic carbocycles. The van der Waals surface area contributed by atoms with Gasteiger partial charge in [0.25, 0.3) is 0 Å². The van der Waals surface area contributed by atoms with Gasteiger partial charge in [-0.15, -0.1) is 0 Å². The van der Waals surface area contributed by atoms with Crippen LogP contribution in [0, 0.1) is 23.2 Å². The van der Waals surface area contributed by atoms with Gasteiger partial charge in [0.05, 0.1) is 6.07 Å². The summed E-state index contributed by atoms with van der Waals surface area (Å²) in [6, 6.07) is 11.8. The Kier molecular flexibility index (Phi) is 3.48. The average Bonchev–Trinajstić information content (AvgIpc) is 2.14. The van der Waals surface area contributed by atoms with Crippen LogP contribution in [0.15, 0.2) is 30.3 Å². The highest BCUT2D eigenvalue weighted by Gasteiger charge is 1.80. The van der Waals surface area contributed by atoms with E-state index in [0.29, 0.717) is 12.8 Å². The molecule has 0 bridgehead atoms. The number of hydrogen-bond donors (Lipinski definition) is 0. The van der Waals surface area contributed by atoms with Crippen molar-refractivity contribution in [2.24, 2.45) is 0 Å². The number of hydrogen-bond acceptors (Lipinski definition) is 1. The van der Waals surface area contributed by atoms with E-state index in [0.717, 1.165) is 5.56 Å². The summed E-state index contributed by atoms with van der Waals surface area (Å²) in [4.78, 5) is 0. The van der Waals surface area contributed by atoms with E-state index in [9.17, 15) is 0 Å². The molecule has 12 heavy (non-hydrogen) atoms. The summed E-state index contributed by atoms with van der Waals surface area (Å²) in [6.45, 7) is 0. The largest absolute Gasteiger partial charge is 0.198 e. The van der Waals surface area contributed by atoms with E-state index in [1.54, 1.807) is 0 Å². The fraction of sp³-hybridized carbons (Fsp3) is 0.182. The van der Waals surface area contributed by atoms with E-state index in [1.807, 2.05) is 30.3 Å². The zero-order valence-electron chi connectivity index (χ0n) is 6.75. The van der Waals surface area contributed by atoms with E-state index >= 15 is 0 Å². The molecular formula is C11H9N. The summed E-state index contributed by atoms with van der Waals surface area (Å²) >= 11 is 0. The van der Waals surface area contributed by atoms with E-state index in [4.69, 9.17) is 5.26 Å². The van der Waals surface area contributed by atoms with Crippen LogP contribution in [-0.2, 0) is 0 Å². The van der Waals surface area contributed by atoms with Crippen LogP contribution in [0.4, 0.5) is 0 Å². The summed E-state index contributed by atoms with van der Waals surface area (Å²) < 4.78 is 0. The van der Waals surface area contributed by atoms with Crippen LogP contribution < -0.4 is 0 Å². The second-order valence-electron chi connectivity index (χ2n) is 2.33. The summed E-state index contributed by atoms with van der Waals surface area (Å²) in [6.07, 6.45) is 1.17. The molecule has 0 saturated heterocycles. The Morgan fingerprint density at radius 3 is 2.50 bits per heavy atom. The molecule has 0 atom stereocenters. The van der Waals surface area contributed by atoms with Gasteiger partial charge in [-0.1, -0.05) is 30.0 Å². The molecule has 0 amide bonds. The van der Waals surface area contributed by atoms with Crippen LogP contribution in [0.25, 0.3) is 0 Å². The monoisotopic (exact) mass is 155 g/mol. The van der Waals surface area contributed by atoms with E-state index < -0.39 is 0 Å². The van der Waals surface area contributed by atoms with Crippen molar-refractivity contribution in [3.05, 3.63) is 35.9 Å². The van der Waals surface area contributed by atoms with Crippen molar-refractivity contribution in [2.75, 3.05) is 0 Å². The van der Waals surface area contributed by atoms with Gasteiger partial charge in [-0.3, -0.25) is 0 Å². The van der Waals surface area contributed by atoms with Crippen LogP contribution in [0.5, 0.6) is 0 Å². The van der Waals surface area contributed by atoms with E-state index in [1.165, 1.54) is 0 Å². The highest BCUT2D eigenvalue weighted by Crippen LogP contribution is 1.95. The molecule has 1 rings (SSSR count). The van der Waals surface area contributed by atoms with Crippen molar-refractivity contribution in [3.8, 4) is 17.9 Å². The molecule has 0 heterocycles. The molecule has 0 fully saturated rings. The Hall–Kier alpha value is -1.73. The van der Waals surface area contributed by atoms with Gasteiger partial charge >= 0.3 is 0 Å². The zero-order chi connectivity index (χ0) is 8.65. The molecule has 0 aliphatic rings. The number of unbranched alkanes of at least 4 members (excludes halogenated alkanes) is 1. The third-order valence-corrected chi connectivity index (χ3v) is 1.37. The standard InChI is InChI=1S/C11H9N/c12-10-6-2-5-9-11-7-3-1-4-8-11/h1,3-4,7-8H,2,6H2. The lowest BCUT2D eigenvalue weighted by Crippen LogP contribution is -1.71.